The molecular weight excluding hydrogens is 244 g/mol. The molecule has 1 saturated carbocycles. The molecule has 0 aromatic heterocycles. The van der Waals surface area contributed by atoms with Crippen LogP contribution in [0.3, 0.4) is 0 Å². The lowest BCUT2D eigenvalue weighted by molar-refractivity contribution is 0.468. The SMILES string of the molecule is CCCNC(c1cc(F)c(F)cc1Cl)C1CC1. The number of benzene rings is 1. The first-order valence-corrected chi connectivity index (χ1v) is 6.39. The van der Waals surface area contributed by atoms with Gasteiger partial charge >= 0.3 is 0 Å². The standard InChI is InChI=1S/C13H16ClF2N/c1-2-5-17-13(8-3-4-8)9-6-11(15)12(16)7-10(9)14/h6-8,13,17H,2-5H2,1H3. The fourth-order valence-electron chi connectivity index (χ4n) is 2.04. The molecule has 2 rings (SSSR count). The van der Waals surface area contributed by atoms with E-state index in [1.54, 1.807) is 0 Å². The Balaban J connectivity index is 2.25. The van der Waals surface area contributed by atoms with Gasteiger partial charge < -0.3 is 5.32 Å². The summed E-state index contributed by atoms with van der Waals surface area (Å²) in [5, 5.41) is 3.67. The van der Waals surface area contributed by atoms with E-state index in [-0.39, 0.29) is 6.04 Å². The number of nitrogens with one attached hydrogen (secondary N) is 1. The number of hydrogen-bond donors (Lipinski definition) is 1. The average Bonchev–Trinajstić information content (AvgIpc) is 3.10. The van der Waals surface area contributed by atoms with Crippen molar-refractivity contribution >= 4 is 11.6 Å². The molecule has 1 fully saturated rings. The molecule has 1 atom stereocenters. The van der Waals surface area contributed by atoms with Crippen molar-refractivity contribution in [2.75, 3.05) is 6.54 Å². The Morgan fingerprint density at radius 1 is 1.35 bits per heavy atom. The largest absolute Gasteiger partial charge is 0.310 e. The molecule has 1 aliphatic carbocycles. The Kier molecular flexibility index (Phi) is 4.00. The maximum atomic E-state index is 13.3. The fourth-order valence-corrected chi connectivity index (χ4v) is 2.30. The van der Waals surface area contributed by atoms with Gasteiger partial charge in [-0.15, -0.1) is 0 Å². The van der Waals surface area contributed by atoms with Gasteiger partial charge in [-0.05, 0) is 49.4 Å². The van der Waals surface area contributed by atoms with Crippen molar-refractivity contribution in [3.8, 4) is 0 Å². The first kappa shape index (κ1) is 12.8. The molecule has 4 heteroatoms. The van der Waals surface area contributed by atoms with Gasteiger partial charge in [0.2, 0.25) is 0 Å². The highest BCUT2D eigenvalue weighted by Gasteiger charge is 2.33. The van der Waals surface area contributed by atoms with E-state index >= 15 is 0 Å². The van der Waals surface area contributed by atoms with E-state index in [0.717, 1.165) is 31.9 Å². The second kappa shape index (κ2) is 5.32. The van der Waals surface area contributed by atoms with Crippen LogP contribution < -0.4 is 5.32 Å². The number of hydrogen-bond acceptors (Lipinski definition) is 1. The Morgan fingerprint density at radius 3 is 2.59 bits per heavy atom. The summed E-state index contributed by atoms with van der Waals surface area (Å²) < 4.78 is 26.3. The molecule has 1 unspecified atom stereocenters. The van der Waals surface area contributed by atoms with E-state index in [4.69, 9.17) is 11.6 Å². The number of rotatable bonds is 5. The molecule has 0 heterocycles. The molecule has 0 aliphatic heterocycles. The minimum Gasteiger partial charge on any atom is -0.310 e. The zero-order valence-electron chi connectivity index (χ0n) is 9.77. The van der Waals surface area contributed by atoms with Gasteiger partial charge in [0.15, 0.2) is 11.6 Å². The molecule has 94 valence electrons. The molecule has 17 heavy (non-hydrogen) atoms. The van der Waals surface area contributed by atoms with E-state index in [2.05, 4.69) is 12.2 Å². The molecule has 0 amide bonds. The molecule has 1 aromatic rings. The van der Waals surface area contributed by atoms with Crippen LogP contribution in [-0.4, -0.2) is 6.54 Å². The first-order valence-electron chi connectivity index (χ1n) is 6.01. The van der Waals surface area contributed by atoms with Gasteiger partial charge in [0, 0.05) is 11.1 Å². The summed E-state index contributed by atoms with van der Waals surface area (Å²) in [4.78, 5) is 0. The normalized spacial score (nSPS) is 17.2. The topological polar surface area (TPSA) is 12.0 Å². The molecule has 0 saturated heterocycles. The van der Waals surface area contributed by atoms with Gasteiger partial charge in [-0.2, -0.15) is 0 Å². The third-order valence-electron chi connectivity index (χ3n) is 3.08. The summed E-state index contributed by atoms with van der Waals surface area (Å²) >= 11 is 6.00. The van der Waals surface area contributed by atoms with Crippen molar-refractivity contribution in [2.24, 2.45) is 5.92 Å². The molecule has 1 aliphatic rings. The van der Waals surface area contributed by atoms with Crippen molar-refractivity contribution in [1.82, 2.24) is 5.32 Å². The fraction of sp³-hybridized carbons (Fsp3) is 0.538. The van der Waals surface area contributed by atoms with E-state index in [9.17, 15) is 8.78 Å². The van der Waals surface area contributed by atoms with Crippen LogP contribution in [0.15, 0.2) is 12.1 Å². The molecule has 0 bridgehead atoms. The zero-order valence-corrected chi connectivity index (χ0v) is 10.5. The lowest BCUT2D eigenvalue weighted by Crippen LogP contribution is -2.24. The van der Waals surface area contributed by atoms with Crippen LogP contribution in [0.25, 0.3) is 0 Å². The Bertz CT molecular complexity index is 405. The third kappa shape index (κ3) is 2.96. The lowest BCUT2D eigenvalue weighted by atomic mass is 10.0. The number of halogens is 3. The van der Waals surface area contributed by atoms with Gasteiger partial charge in [0.1, 0.15) is 0 Å². The van der Waals surface area contributed by atoms with E-state index in [0.29, 0.717) is 16.5 Å². The highest BCUT2D eigenvalue weighted by atomic mass is 35.5. The molecule has 1 N–H and O–H groups in total. The Hall–Kier alpha value is -0.670. The zero-order chi connectivity index (χ0) is 12.4. The van der Waals surface area contributed by atoms with E-state index in [1.165, 1.54) is 6.07 Å². The summed E-state index contributed by atoms with van der Waals surface area (Å²) in [5.74, 6) is -1.21. The average molecular weight is 260 g/mol. The molecular formula is C13H16ClF2N. The smallest absolute Gasteiger partial charge is 0.160 e. The Labute approximate surface area is 105 Å². The molecule has 0 spiro atoms. The van der Waals surface area contributed by atoms with Crippen LogP contribution in [0.2, 0.25) is 5.02 Å². The van der Waals surface area contributed by atoms with Crippen molar-refractivity contribution in [1.29, 1.82) is 0 Å². The lowest BCUT2D eigenvalue weighted by Gasteiger charge is -2.20. The van der Waals surface area contributed by atoms with Crippen molar-refractivity contribution in [3.05, 3.63) is 34.4 Å². The predicted molar refractivity (Wildman–Crippen MR) is 65.1 cm³/mol. The van der Waals surface area contributed by atoms with Gasteiger partial charge in [0.25, 0.3) is 0 Å². The van der Waals surface area contributed by atoms with Crippen molar-refractivity contribution in [2.45, 2.75) is 32.2 Å². The summed E-state index contributed by atoms with van der Waals surface area (Å²) in [6.45, 7) is 2.93. The predicted octanol–water partition coefficient (Wildman–Crippen LogP) is 4.07. The second-order valence-corrected chi connectivity index (χ2v) is 4.96. The van der Waals surface area contributed by atoms with Gasteiger partial charge in [0.05, 0.1) is 0 Å². The minimum atomic E-state index is -0.885. The van der Waals surface area contributed by atoms with Crippen LogP contribution in [-0.2, 0) is 0 Å². The van der Waals surface area contributed by atoms with Crippen LogP contribution in [0.5, 0.6) is 0 Å². The minimum absolute atomic E-state index is 0.0533. The molecule has 1 nitrogen and oxygen atoms in total. The van der Waals surface area contributed by atoms with Crippen LogP contribution in [0, 0.1) is 17.6 Å². The monoisotopic (exact) mass is 259 g/mol. The summed E-state index contributed by atoms with van der Waals surface area (Å²) in [5.41, 5.74) is 0.682. The van der Waals surface area contributed by atoms with Gasteiger partial charge in [-0.25, -0.2) is 8.78 Å². The summed E-state index contributed by atoms with van der Waals surface area (Å²) in [6, 6.07) is 2.34. The highest BCUT2D eigenvalue weighted by Crippen LogP contribution is 2.43. The van der Waals surface area contributed by atoms with Gasteiger partial charge in [-0.1, -0.05) is 18.5 Å². The van der Waals surface area contributed by atoms with Crippen LogP contribution >= 0.6 is 11.6 Å². The van der Waals surface area contributed by atoms with Crippen molar-refractivity contribution in [3.63, 3.8) is 0 Å². The summed E-state index contributed by atoms with van der Waals surface area (Å²) in [6.07, 6.45) is 3.25. The molecule has 1 aromatic carbocycles. The van der Waals surface area contributed by atoms with Crippen LogP contribution in [0.4, 0.5) is 8.78 Å². The second-order valence-electron chi connectivity index (χ2n) is 4.56. The molecule has 0 radical (unpaired) electrons. The van der Waals surface area contributed by atoms with Gasteiger partial charge in [-0.3, -0.25) is 0 Å². The Morgan fingerprint density at radius 2 is 2.00 bits per heavy atom. The van der Waals surface area contributed by atoms with E-state index in [1.807, 2.05) is 0 Å². The quantitative estimate of drug-likeness (QED) is 0.786. The highest BCUT2D eigenvalue weighted by molar-refractivity contribution is 6.31. The van der Waals surface area contributed by atoms with Crippen molar-refractivity contribution < 1.29 is 8.78 Å². The summed E-state index contributed by atoms with van der Waals surface area (Å²) in [7, 11) is 0. The van der Waals surface area contributed by atoms with E-state index < -0.39 is 11.6 Å². The maximum Gasteiger partial charge on any atom is 0.160 e. The third-order valence-corrected chi connectivity index (χ3v) is 3.41. The first-order chi connectivity index (χ1) is 8.13. The maximum absolute atomic E-state index is 13.3. The van der Waals surface area contributed by atoms with Crippen LogP contribution in [0.1, 0.15) is 37.8 Å².